The summed E-state index contributed by atoms with van der Waals surface area (Å²) < 4.78 is 6.91. The lowest BCUT2D eigenvalue weighted by atomic mass is 10.2. The number of nitrogens with zero attached hydrogens (tertiary/aromatic N) is 3. The molecule has 0 saturated heterocycles. The van der Waals surface area contributed by atoms with Crippen LogP contribution in [0.25, 0.3) is 28.0 Å². The van der Waals surface area contributed by atoms with Crippen LogP contribution in [0.4, 0.5) is 0 Å². The van der Waals surface area contributed by atoms with Gasteiger partial charge in [0.1, 0.15) is 11.4 Å². The molecule has 108 valence electrons. The fourth-order valence-electron chi connectivity index (χ4n) is 2.46. The lowest BCUT2D eigenvalue weighted by molar-refractivity contribution is 0.414. The molecule has 0 amide bonds. The first-order valence-corrected chi connectivity index (χ1v) is 6.98. The van der Waals surface area contributed by atoms with Crippen molar-refractivity contribution in [3.8, 4) is 22.8 Å². The van der Waals surface area contributed by atoms with Crippen molar-refractivity contribution in [1.82, 2.24) is 20.0 Å². The molecule has 0 bridgehead atoms. The maximum Gasteiger partial charge on any atom is 0.129 e. The van der Waals surface area contributed by atoms with Crippen molar-refractivity contribution in [1.29, 1.82) is 0 Å². The highest BCUT2D eigenvalue weighted by Crippen LogP contribution is 2.23. The summed E-state index contributed by atoms with van der Waals surface area (Å²) in [6.07, 6.45) is 1.91. The molecule has 2 heterocycles. The monoisotopic (exact) mass is 290 g/mol. The fraction of sp³-hybridized carbons (Fsp3) is 0.0588. The molecule has 0 atom stereocenters. The van der Waals surface area contributed by atoms with E-state index in [1.807, 2.05) is 48.7 Å². The zero-order valence-electron chi connectivity index (χ0n) is 12.0. The SMILES string of the molecule is COc1ccc(-n2cc(-c3cc4ccccc4[nH]3)nn2)cc1. The van der Waals surface area contributed by atoms with E-state index in [9.17, 15) is 0 Å². The first-order valence-electron chi connectivity index (χ1n) is 6.98. The molecule has 2 aromatic heterocycles. The van der Waals surface area contributed by atoms with Gasteiger partial charge < -0.3 is 9.72 Å². The summed E-state index contributed by atoms with van der Waals surface area (Å²) in [6, 6.07) is 17.9. The smallest absolute Gasteiger partial charge is 0.129 e. The quantitative estimate of drug-likeness (QED) is 0.629. The molecular formula is C17H14N4O. The summed E-state index contributed by atoms with van der Waals surface area (Å²) >= 11 is 0. The van der Waals surface area contributed by atoms with Gasteiger partial charge in [-0.2, -0.15) is 0 Å². The number of fused-ring (bicyclic) bond motifs is 1. The van der Waals surface area contributed by atoms with Crippen molar-refractivity contribution in [2.24, 2.45) is 0 Å². The molecule has 4 rings (SSSR count). The number of hydrogen-bond acceptors (Lipinski definition) is 3. The molecule has 0 saturated carbocycles. The summed E-state index contributed by atoms with van der Waals surface area (Å²) in [5, 5.41) is 9.61. The number of aromatic nitrogens is 4. The maximum absolute atomic E-state index is 5.16. The third kappa shape index (κ3) is 2.13. The molecule has 5 heteroatoms. The number of nitrogens with one attached hydrogen (secondary N) is 1. The van der Waals surface area contributed by atoms with E-state index in [-0.39, 0.29) is 0 Å². The highest BCUT2D eigenvalue weighted by atomic mass is 16.5. The van der Waals surface area contributed by atoms with Gasteiger partial charge in [-0.25, -0.2) is 4.68 Å². The van der Waals surface area contributed by atoms with E-state index in [4.69, 9.17) is 4.74 Å². The van der Waals surface area contributed by atoms with Crippen molar-refractivity contribution in [2.75, 3.05) is 7.11 Å². The molecule has 0 unspecified atom stereocenters. The zero-order chi connectivity index (χ0) is 14.9. The van der Waals surface area contributed by atoms with Crippen molar-refractivity contribution in [3.05, 3.63) is 60.8 Å². The van der Waals surface area contributed by atoms with Crippen LogP contribution in [-0.2, 0) is 0 Å². The second-order valence-corrected chi connectivity index (χ2v) is 5.02. The van der Waals surface area contributed by atoms with Gasteiger partial charge in [0.15, 0.2) is 0 Å². The van der Waals surface area contributed by atoms with Gasteiger partial charge in [-0.05, 0) is 36.4 Å². The van der Waals surface area contributed by atoms with Crippen molar-refractivity contribution in [3.63, 3.8) is 0 Å². The van der Waals surface area contributed by atoms with Gasteiger partial charge >= 0.3 is 0 Å². The van der Waals surface area contributed by atoms with Crippen molar-refractivity contribution >= 4 is 10.9 Å². The third-order valence-electron chi connectivity index (χ3n) is 3.64. The number of para-hydroxylation sites is 1. The first-order chi connectivity index (χ1) is 10.8. The van der Waals surface area contributed by atoms with E-state index in [0.29, 0.717) is 0 Å². The second kappa shape index (κ2) is 5.04. The van der Waals surface area contributed by atoms with Crippen LogP contribution in [0.5, 0.6) is 5.75 Å². The van der Waals surface area contributed by atoms with Crippen LogP contribution < -0.4 is 4.74 Å². The topological polar surface area (TPSA) is 55.7 Å². The first kappa shape index (κ1) is 12.6. The number of rotatable bonds is 3. The Morgan fingerprint density at radius 3 is 2.64 bits per heavy atom. The number of aromatic amines is 1. The Bertz CT molecular complexity index is 888. The van der Waals surface area contributed by atoms with Crippen molar-refractivity contribution < 1.29 is 4.74 Å². The van der Waals surface area contributed by atoms with Crippen LogP contribution in [0.3, 0.4) is 0 Å². The Kier molecular flexibility index (Phi) is 2.89. The van der Waals surface area contributed by atoms with E-state index < -0.39 is 0 Å². The number of ether oxygens (including phenoxy) is 1. The van der Waals surface area contributed by atoms with E-state index in [1.165, 1.54) is 0 Å². The summed E-state index contributed by atoms with van der Waals surface area (Å²) in [7, 11) is 1.65. The van der Waals surface area contributed by atoms with Crippen LogP contribution in [0.2, 0.25) is 0 Å². The standard InChI is InChI=1S/C17H14N4O/c1-22-14-8-6-13(7-9-14)21-11-17(19-20-21)16-10-12-4-2-3-5-15(12)18-16/h2-11,18H,1H3. The molecule has 0 radical (unpaired) electrons. The van der Waals surface area contributed by atoms with Gasteiger partial charge in [0, 0.05) is 10.9 Å². The van der Waals surface area contributed by atoms with Crippen LogP contribution in [-0.4, -0.2) is 27.1 Å². The normalized spacial score (nSPS) is 11.0. The van der Waals surface area contributed by atoms with Gasteiger partial charge in [0.2, 0.25) is 0 Å². The molecule has 0 fully saturated rings. The van der Waals surface area contributed by atoms with Gasteiger partial charge in [-0.15, -0.1) is 5.10 Å². The summed E-state index contributed by atoms with van der Waals surface area (Å²) in [6.45, 7) is 0. The van der Waals surface area contributed by atoms with Gasteiger partial charge in [0.25, 0.3) is 0 Å². The number of H-pyrrole nitrogens is 1. The molecule has 0 aliphatic heterocycles. The maximum atomic E-state index is 5.16. The average Bonchev–Trinajstić information content (AvgIpc) is 3.21. The molecule has 0 spiro atoms. The van der Waals surface area contributed by atoms with E-state index >= 15 is 0 Å². The van der Waals surface area contributed by atoms with E-state index in [1.54, 1.807) is 11.8 Å². The summed E-state index contributed by atoms with van der Waals surface area (Å²) in [4.78, 5) is 3.36. The Balaban J connectivity index is 1.70. The summed E-state index contributed by atoms with van der Waals surface area (Å²) in [5.41, 5.74) is 3.81. The number of methoxy groups -OCH3 is 1. The van der Waals surface area contributed by atoms with Crippen LogP contribution in [0, 0.1) is 0 Å². The molecule has 2 aromatic carbocycles. The molecule has 22 heavy (non-hydrogen) atoms. The van der Waals surface area contributed by atoms with Gasteiger partial charge in [0.05, 0.1) is 24.7 Å². The Morgan fingerprint density at radius 1 is 1.05 bits per heavy atom. The fourth-order valence-corrected chi connectivity index (χ4v) is 2.46. The van der Waals surface area contributed by atoms with Crippen LogP contribution in [0.15, 0.2) is 60.8 Å². The average molecular weight is 290 g/mol. The Labute approximate surface area is 127 Å². The minimum atomic E-state index is 0.812. The van der Waals surface area contributed by atoms with Crippen LogP contribution in [0.1, 0.15) is 0 Å². The zero-order valence-corrected chi connectivity index (χ0v) is 12.0. The lowest BCUT2D eigenvalue weighted by Crippen LogP contribution is -1.94. The summed E-state index contributed by atoms with van der Waals surface area (Å²) in [5.74, 6) is 0.819. The molecule has 0 aliphatic rings. The van der Waals surface area contributed by atoms with E-state index in [2.05, 4.69) is 27.4 Å². The van der Waals surface area contributed by atoms with E-state index in [0.717, 1.165) is 33.7 Å². The van der Waals surface area contributed by atoms with Crippen molar-refractivity contribution in [2.45, 2.75) is 0 Å². The third-order valence-corrected chi connectivity index (χ3v) is 3.64. The van der Waals surface area contributed by atoms with Gasteiger partial charge in [-0.3, -0.25) is 0 Å². The molecule has 0 aliphatic carbocycles. The minimum Gasteiger partial charge on any atom is -0.497 e. The predicted molar refractivity (Wildman–Crippen MR) is 85.2 cm³/mol. The Morgan fingerprint density at radius 2 is 1.86 bits per heavy atom. The largest absolute Gasteiger partial charge is 0.497 e. The molecular weight excluding hydrogens is 276 g/mol. The lowest BCUT2D eigenvalue weighted by Gasteiger charge is -2.01. The molecule has 1 N–H and O–H groups in total. The highest BCUT2D eigenvalue weighted by Gasteiger charge is 2.08. The predicted octanol–water partition coefficient (Wildman–Crippen LogP) is 3.42. The van der Waals surface area contributed by atoms with Crippen LogP contribution >= 0.6 is 0 Å². The molecule has 4 aromatic rings. The highest BCUT2D eigenvalue weighted by molar-refractivity contribution is 5.84. The minimum absolute atomic E-state index is 0.812. The van der Waals surface area contributed by atoms with Gasteiger partial charge in [-0.1, -0.05) is 23.4 Å². The second-order valence-electron chi connectivity index (χ2n) is 5.02. The Hall–Kier alpha value is -3.08. The number of hydrogen-bond donors (Lipinski definition) is 1. The number of benzene rings is 2. The molecule has 5 nitrogen and oxygen atoms in total.